The zero-order valence-electron chi connectivity index (χ0n) is 13.8. The summed E-state index contributed by atoms with van der Waals surface area (Å²) in [6.07, 6.45) is 1.55. The van der Waals surface area contributed by atoms with Crippen LogP contribution in [0.2, 0.25) is 0 Å². The predicted molar refractivity (Wildman–Crippen MR) is 95.2 cm³/mol. The summed E-state index contributed by atoms with van der Waals surface area (Å²) in [5.41, 5.74) is 1.95. The Labute approximate surface area is 145 Å². The van der Waals surface area contributed by atoms with E-state index in [4.69, 9.17) is 14.2 Å². The van der Waals surface area contributed by atoms with E-state index in [1.807, 2.05) is 24.3 Å². The fourth-order valence-corrected chi connectivity index (χ4v) is 3.41. The molecule has 0 unspecified atom stereocenters. The van der Waals surface area contributed by atoms with Gasteiger partial charge in [-0.05, 0) is 11.6 Å². The Hall–Kier alpha value is -2.47. The lowest BCUT2D eigenvalue weighted by Crippen LogP contribution is -1.98. The van der Waals surface area contributed by atoms with Crippen molar-refractivity contribution < 1.29 is 14.2 Å². The summed E-state index contributed by atoms with van der Waals surface area (Å²) in [6, 6.07) is 12.2. The lowest BCUT2D eigenvalue weighted by molar-refractivity contribution is 0.326. The average Bonchev–Trinajstić information content (AvgIpc) is 2.65. The topological polar surface area (TPSA) is 53.5 Å². The van der Waals surface area contributed by atoms with Gasteiger partial charge in [0.25, 0.3) is 0 Å². The van der Waals surface area contributed by atoms with Crippen LogP contribution in [-0.4, -0.2) is 31.3 Å². The second kappa shape index (κ2) is 7.40. The van der Waals surface area contributed by atoms with Crippen molar-refractivity contribution in [2.75, 3.05) is 21.3 Å². The van der Waals surface area contributed by atoms with Gasteiger partial charge in [-0.1, -0.05) is 30.3 Å². The molecule has 1 heterocycles. The van der Waals surface area contributed by atoms with Crippen molar-refractivity contribution in [2.24, 2.45) is 0 Å². The van der Waals surface area contributed by atoms with Crippen LogP contribution in [0.25, 0.3) is 10.9 Å². The first kappa shape index (κ1) is 16.4. The molecule has 0 saturated carbocycles. The van der Waals surface area contributed by atoms with Crippen LogP contribution in [0.5, 0.6) is 17.2 Å². The first-order valence-electron chi connectivity index (χ1n) is 7.39. The minimum absolute atomic E-state index is 0.533. The van der Waals surface area contributed by atoms with Crippen LogP contribution in [0, 0.1) is 0 Å². The molecule has 3 aromatic rings. The van der Waals surface area contributed by atoms with Crippen molar-refractivity contribution in [3.63, 3.8) is 0 Å². The molecule has 0 amide bonds. The maximum Gasteiger partial charge on any atom is 0.205 e. The van der Waals surface area contributed by atoms with Crippen LogP contribution in [0.15, 0.2) is 47.8 Å². The third-order valence-electron chi connectivity index (χ3n) is 3.61. The zero-order valence-corrected chi connectivity index (χ0v) is 14.6. The fraction of sp³-hybridized carbons (Fsp3) is 0.222. The van der Waals surface area contributed by atoms with Crippen LogP contribution >= 0.6 is 11.8 Å². The molecule has 0 aliphatic carbocycles. The third-order valence-corrected chi connectivity index (χ3v) is 4.69. The van der Waals surface area contributed by atoms with E-state index in [1.54, 1.807) is 39.4 Å². The molecule has 0 radical (unpaired) electrons. The van der Waals surface area contributed by atoms with Gasteiger partial charge in [-0.3, -0.25) is 0 Å². The molecule has 0 aliphatic rings. The number of thioether (sulfide) groups is 1. The van der Waals surface area contributed by atoms with Crippen molar-refractivity contribution in [1.82, 2.24) is 9.97 Å². The Morgan fingerprint density at radius 1 is 0.917 bits per heavy atom. The van der Waals surface area contributed by atoms with Crippen molar-refractivity contribution in [1.29, 1.82) is 0 Å². The molecule has 124 valence electrons. The average molecular weight is 342 g/mol. The van der Waals surface area contributed by atoms with E-state index in [-0.39, 0.29) is 0 Å². The van der Waals surface area contributed by atoms with E-state index in [0.717, 1.165) is 16.2 Å². The van der Waals surface area contributed by atoms with Gasteiger partial charge in [0.15, 0.2) is 11.5 Å². The van der Waals surface area contributed by atoms with Crippen LogP contribution in [0.4, 0.5) is 0 Å². The number of nitrogens with zero attached hydrogens (tertiary/aromatic N) is 2. The maximum atomic E-state index is 5.51. The van der Waals surface area contributed by atoms with Gasteiger partial charge in [-0.15, -0.1) is 11.8 Å². The van der Waals surface area contributed by atoms with Gasteiger partial charge < -0.3 is 14.2 Å². The van der Waals surface area contributed by atoms with Gasteiger partial charge in [-0.2, -0.15) is 0 Å². The van der Waals surface area contributed by atoms with Gasteiger partial charge in [-0.25, -0.2) is 9.97 Å². The highest BCUT2D eigenvalue weighted by molar-refractivity contribution is 7.98. The van der Waals surface area contributed by atoms with E-state index in [2.05, 4.69) is 22.1 Å². The predicted octanol–water partition coefficient (Wildman–Crippen LogP) is 3.95. The molecule has 24 heavy (non-hydrogen) atoms. The van der Waals surface area contributed by atoms with E-state index >= 15 is 0 Å². The van der Waals surface area contributed by atoms with E-state index in [1.165, 1.54) is 5.56 Å². The minimum Gasteiger partial charge on any atom is -0.493 e. The first-order valence-corrected chi connectivity index (χ1v) is 8.37. The molecule has 2 aromatic carbocycles. The minimum atomic E-state index is 0.533. The number of rotatable bonds is 6. The highest BCUT2D eigenvalue weighted by atomic mass is 32.2. The molecule has 0 spiro atoms. The van der Waals surface area contributed by atoms with Crippen molar-refractivity contribution in [3.8, 4) is 17.2 Å². The SMILES string of the molecule is COc1cc2c(SCc3ccccc3)ncnc2c(OC)c1OC. The van der Waals surface area contributed by atoms with Gasteiger partial charge >= 0.3 is 0 Å². The molecule has 3 rings (SSSR count). The van der Waals surface area contributed by atoms with Crippen LogP contribution in [0.3, 0.4) is 0 Å². The normalized spacial score (nSPS) is 10.6. The number of hydrogen-bond acceptors (Lipinski definition) is 6. The Morgan fingerprint density at radius 3 is 2.33 bits per heavy atom. The fourth-order valence-electron chi connectivity index (χ4n) is 2.48. The summed E-state index contributed by atoms with van der Waals surface area (Å²) in [6.45, 7) is 0. The van der Waals surface area contributed by atoms with Crippen LogP contribution in [-0.2, 0) is 5.75 Å². The highest BCUT2D eigenvalue weighted by Crippen LogP contribution is 2.44. The number of ether oxygens (including phenoxy) is 3. The number of hydrogen-bond donors (Lipinski definition) is 0. The Balaban J connectivity index is 2.06. The molecule has 0 saturated heterocycles. The molecule has 5 nitrogen and oxygen atoms in total. The smallest absolute Gasteiger partial charge is 0.205 e. The second-order valence-electron chi connectivity index (χ2n) is 4.99. The highest BCUT2D eigenvalue weighted by Gasteiger charge is 2.19. The molecule has 0 fully saturated rings. The third kappa shape index (κ3) is 3.10. The van der Waals surface area contributed by atoms with Crippen molar-refractivity contribution in [3.05, 3.63) is 48.3 Å². The summed E-state index contributed by atoms with van der Waals surface area (Å²) < 4.78 is 16.4. The summed E-state index contributed by atoms with van der Waals surface area (Å²) >= 11 is 1.65. The van der Waals surface area contributed by atoms with Gasteiger partial charge in [0.2, 0.25) is 5.75 Å². The monoisotopic (exact) mass is 342 g/mol. The molecule has 0 aliphatic heterocycles. The number of methoxy groups -OCH3 is 3. The Kier molecular flexibility index (Phi) is 5.05. The molecule has 1 aromatic heterocycles. The molecule has 0 bridgehead atoms. The van der Waals surface area contributed by atoms with Crippen LogP contribution < -0.4 is 14.2 Å². The molecule has 6 heteroatoms. The van der Waals surface area contributed by atoms with E-state index < -0.39 is 0 Å². The van der Waals surface area contributed by atoms with Gasteiger partial charge in [0.1, 0.15) is 16.9 Å². The number of benzene rings is 2. The molecular formula is C18H18N2O3S. The molecule has 0 atom stereocenters. The van der Waals surface area contributed by atoms with Crippen LogP contribution in [0.1, 0.15) is 5.56 Å². The summed E-state index contributed by atoms with van der Waals surface area (Å²) in [5, 5.41) is 1.76. The lowest BCUT2D eigenvalue weighted by atomic mass is 10.2. The Morgan fingerprint density at radius 2 is 1.67 bits per heavy atom. The van der Waals surface area contributed by atoms with Crippen molar-refractivity contribution >= 4 is 22.7 Å². The van der Waals surface area contributed by atoms with E-state index in [9.17, 15) is 0 Å². The molecule has 0 N–H and O–H groups in total. The molecular weight excluding hydrogens is 324 g/mol. The van der Waals surface area contributed by atoms with Gasteiger partial charge in [0, 0.05) is 11.1 Å². The standard InChI is InChI=1S/C18H18N2O3S/c1-21-14-9-13-15(17(23-3)16(14)22-2)19-11-20-18(13)24-10-12-7-5-4-6-8-12/h4-9,11H,10H2,1-3H3. The number of fused-ring (bicyclic) bond motifs is 1. The largest absolute Gasteiger partial charge is 0.493 e. The second-order valence-corrected chi connectivity index (χ2v) is 5.96. The van der Waals surface area contributed by atoms with Crippen molar-refractivity contribution in [2.45, 2.75) is 10.8 Å². The van der Waals surface area contributed by atoms with Gasteiger partial charge in [0.05, 0.1) is 21.3 Å². The number of aromatic nitrogens is 2. The lowest BCUT2D eigenvalue weighted by Gasteiger charge is -2.15. The zero-order chi connectivity index (χ0) is 16.9. The Bertz CT molecular complexity index is 841. The van der Waals surface area contributed by atoms with E-state index in [0.29, 0.717) is 22.8 Å². The summed E-state index contributed by atoms with van der Waals surface area (Å²) in [4.78, 5) is 8.79. The summed E-state index contributed by atoms with van der Waals surface area (Å²) in [7, 11) is 4.78. The quantitative estimate of drug-likeness (QED) is 0.499. The first-order chi connectivity index (χ1) is 11.8. The maximum absolute atomic E-state index is 5.51. The summed E-state index contributed by atoms with van der Waals surface area (Å²) in [5.74, 6) is 2.50.